The molecule has 0 aromatic heterocycles. The second-order valence-corrected chi connectivity index (χ2v) is 5.29. The Bertz CT molecular complexity index is 501. The third-order valence-electron chi connectivity index (χ3n) is 3.57. The Balaban J connectivity index is 1.90. The normalized spacial score (nSPS) is 21.0. The molecule has 2 amide bonds. The van der Waals surface area contributed by atoms with E-state index in [1.165, 1.54) is 7.11 Å². The van der Waals surface area contributed by atoms with Gasteiger partial charge in [-0.15, -0.1) is 0 Å². The third-order valence-corrected chi connectivity index (χ3v) is 3.57. The first kappa shape index (κ1) is 15.5. The summed E-state index contributed by atoms with van der Waals surface area (Å²) in [6.45, 7) is 3.68. The van der Waals surface area contributed by atoms with Crippen LogP contribution in [0.1, 0.15) is 6.92 Å². The van der Waals surface area contributed by atoms with Crippen molar-refractivity contribution >= 4 is 23.2 Å². The first-order valence-corrected chi connectivity index (χ1v) is 7.00. The van der Waals surface area contributed by atoms with Crippen LogP contribution in [0.25, 0.3) is 0 Å². The molecule has 2 atom stereocenters. The van der Waals surface area contributed by atoms with Crippen LogP contribution in [0.2, 0.25) is 0 Å². The first-order chi connectivity index (χ1) is 10.1. The van der Waals surface area contributed by atoms with Gasteiger partial charge in [0.1, 0.15) is 6.61 Å². The second kappa shape index (κ2) is 7.19. The maximum absolute atomic E-state index is 12.1. The fraction of sp³-hybridized carbons (Fsp3) is 0.467. The fourth-order valence-corrected chi connectivity index (χ4v) is 2.36. The molecule has 1 aromatic carbocycles. The van der Waals surface area contributed by atoms with E-state index in [0.29, 0.717) is 11.6 Å². The number of ether oxygens (including phenoxy) is 1. The minimum Gasteiger partial charge on any atom is -0.375 e. The molecular weight excluding hydrogens is 270 g/mol. The van der Waals surface area contributed by atoms with Crippen molar-refractivity contribution in [3.63, 3.8) is 0 Å². The van der Waals surface area contributed by atoms with E-state index in [-0.39, 0.29) is 24.3 Å². The maximum atomic E-state index is 12.1. The highest BCUT2D eigenvalue weighted by atomic mass is 16.5. The van der Waals surface area contributed by atoms with E-state index >= 15 is 0 Å². The Morgan fingerprint density at radius 1 is 1.19 bits per heavy atom. The summed E-state index contributed by atoms with van der Waals surface area (Å²) in [4.78, 5) is 23.5. The average Bonchev–Trinajstić information content (AvgIpc) is 2.87. The Morgan fingerprint density at radius 3 is 2.33 bits per heavy atom. The minimum absolute atomic E-state index is 0.00563. The zero-order valence-electron chi connectivity index (χ0n) is 12.3. The first-order valence-electron chi connectivity index (χ1n) is 7.00. The summed E-state index contributed by atoms with van der Waals surface area (Å²) < 4.78 is 4.74. The molecule has 21 heavy (non-hydrogen) atoms. The zero-order valence-corrected chi connectivity index (χ0v) is 12.3. The number of benzene rings is 1. The smallest absolute Gasteiger partial charge is 0.250 e. The lowest BCUT2D eigenvalue weighted by molar-refractivity contribution is -0.120. The molecule has 114 valence electrons. The van der Waals surface area contributed by atoms with E-state index in [4.69, 9.17) is 4.74 Å². The second-order valence-electron chi connectivity index (χ2n) is 5.29. The van der Waals surface area contributed by atoms with Crippen LogP contribution in [-0.4, -0.2) is 38.6 Å². The molecule has 2 unspecified atom stereocenters. The number of amides is 2. The van der Waals surface area contributed by atoms with Crippen molar-refractivity contribution in [2.75, 3.05) is 37.4 Å². The average molecular weight is 291 g/mol. The summed E-state index contributed by atoms with van der Waals surface area (Å²) in [6, 6.07) is 7.04. The molecule has 0 bridgehead atoms. The van der Waals surface area contributed by atoms with Gasteiger partial charge in [0.15, 0.2) is 0 Å². The number of carbonyl (C=O) groups is 2. The van der Waals surface area contributed by atoms with Gasteiger partial charge in [-0.2, -0.15) is 0 Å². The van der Waals surface area contributed by atoms with Gasteiger partial charge in [-0.05, 0) is 36.7 Å². The molecule has 0 saturated carbocycles. The zero-order chi connectivity index (χ0) is 15.2. The molecular formula is C15H21N3O3. The van der Waals surface area contributed by atoms with E-state index in [1.54, 1.807) is 24.3 Å². The Hall–Kier alpha value is -1.92. The third kappa shape index (κ3) is 4.27. The Labute approximate surface area is 124 Å². The molecule has 6 heteroatoms. The summed E-state index contributed by atoms with van der Waals surface area (Å²) in [5, 5.41) is 8.81. The summed E-state index contributed by atoms with van der Waals surface area (Å²) in [6.07, 6.45) is 0. The topological polar surface area (TPSA) is 79.5 Å². The molecule has 1 heterocycles. The van der Waals surface area contributed by atoms with E-state index in [1.807, 2.05) is 0 Å². The fourth-order valence-electron chi connectivity index (χ4n) is 2.36. The minimum atomic E-state index is -0.208. The van der Waals surface area contributed by atoms with E-state index in [0.717, 1.165) is 18.8 Å². The van der Waals surface area contributed by atoms with Crippen molar-refractivity contribution < 1.29 is 14.3 Å². The molecule has 3 N–H and O–H groups in total. The highest BCUT2D eigenvalue weighted by molar-refractivity contribution is 5.94. The van der Waals surface area contributed by atoms with Gasteiger partial charge in [0.05, 0.1) is 5.92 Å². The standard InChI is InChI=1S/C15H21N3O3/c1-10-7-16-8-13(10)15(20)18-12-5-3-11(4-6-12)17-14(19)9-21-2/h3-6,10,13,16H,7-9H2,1-2H3,(H,17,19)(H,18,20). The van der Waals surface area contributed by atoms with Crippen molar-refractivity contribution in [2.45, 2.75) is 6.92 Å². The van der Waals surface area contributed by atoms with Gasteiger partial charge in [0, 0.05) is 25.0 Å². The number of hydrogen-bond acceptors (Lipinski definition) is 4. The molecule has 0 aliphatic carbocycles. The van der Waals surface area contributed by atoms with Gasteiger partial charge < -0.3 is 20.7 Å². The monoisotopic (exact) mass is 291 g/mol. The molecule has 2 rings (SSSR count). The SMILES string of the molecule is COCC(=O)Nc1ccc(NC(=O)C2CNCC2C)cc1. The van der Waals surface area contributed by atoms with Gasteiger partial charge in [-0.25, -0.2) is 0 Å². The van der Waals surface area contributed by atoms with Crippen LogP contribution >= 0.6 is 0 Å². The van der Waals surface area contributed by atoms with Crippen molar-refractivity contribution in [3.05, 3.63) is 24.3 Å². The van der Waals surface area contributed by atoms with Gasteiger partial charge >= 0.3 is 0 Å². The van der Waals surface area contributed by atoms with Crippen LogP contribution in [0.4, 0.5) is 11.4 Å². The summed E-state index contributed by atoms with van der Waals surface area (Å²) in [5.41, 5.74) is 1.40. The van der Waals surface area contributed by atoms with Gasteiger partial charge in [0.2, 0.25) is 11.8 Å². The van der Waals surface area contributed by atoms with Crippen LogP contribution in [-0.2, 0) is 14.3 Å². The van der Waals surface area contributed by atoms with E-state index < -0.39 is 0 Å². The summed E-state index contributed by atoms with van der Waals surface area (Å²) in [5.74, 6) is 0.174. The van der Waals surface area contributed by atoms with Gasteiger partial charge in [-0.3, -0.25) is 9.59 Å². The quantitative estimate of drug-likeness (QED) is 0.758. The summed E-state index contributed by atoms with van der Waals surface area (Å²) in [7, 11) is 1.47. The van der Waals surface area contributed by atoms with Crippen LogP contribution in [0, 0.1) is 11.8 Å². The lowest BCUT2D eigenvalue weighted by atomic mass is 9.97. The molecule has 1 aliphatic heterocycles. The molecule has 1 aromatic rings. The number of hydrogen-bond donors (Lipinski definition) is 3. The number of methoxy groups -OCH3 is 1. The van der Waals surface area contributed by atoms with Crippen LogP contribution in [0.15, 0.2) is 24.3 Å². The van der Waals surface area contributed by atoms with Gasteiger partial charge in [-0.1, -0.05) is 6.92 Å². The van der Waals surface area contributed by atoms with Gasteiger partial charge in [0.25, 0.3) is 0 Å². The molecule has 6 nitrogen and oxygen atoms in total. The molecule has 0 spiro atoms. The number of nitrogens with one attached hydrogen (secondary N) is 3. The maximum Gasteiger partial charge on any atom is 0.250 e. The lowest BCUT2D eigenvalue weighted by Crippen LogP contribution is -2.27. The van der Waals surface area contributed by atoms with Crippen LogP contribution in [0.5, 0.6) is 0 Å². The highest BCUT2D eigenvalue weighted by Gasteiger charge is 2.29. The molecule has 1 saturated heterocycles. The van der Waals surface area contributed by atoms with E-state index in [2.05, 4.69) is 22.9 Å². The van der Waals surface area contributed by atoms with Crippen LogP contribution < -0.4 is 16.0 Å². The Kier molecular flexibility index (Phi) is 5.30. The predicted molar refractivity (Wildman–Crippen MR) is 81.1 cm³/mol. The van der Waals surface area contributed by atoms with Crippen molar-refractivity contribution in [3.8, 4) is 0 Å². The highest BCUT2D eigenvalue weighted by Crippen LogP contribution is 2.19. The van der Waals surface area contributed by atoms with Crippen molar-refractivity contribution in [2.24, 2.45) is 11.8 Å². The lowest BCUT2D eigenvalue weighted by Gasteiger charge is -2.14. The number of rotatable bonds is 5. The van der Waals surface area contributed by atoms with Crippen molar-refractivity contribution in [1.29, 1.82) is 0 Å². The number of anilines is 2. The van der Waals surface area contributed by atoms with Crippen LogP contribution in [0.3, 0.4) is 0 Å². The number of carbonyl (C=O) groups excluding carboxylic acids is 2. The molecule has 1 fully saturated rings. The van der Waals surface area contributed by atoms with E-state index in [9.17, 15) is 9.59 Å². The molecule has 1 aliphatic rings. The summed E-state index contributed by atoms with van der Waals surface area (Å²) >= 11 is 0. The molecule has 0 radical (unpaired) electrons. The van der Waals surface area contributed by atoms with Crippen molar-refractivity contribution in [1.82, 2.24) is 5.32 Å². The Morgan fingerprint density at radius 2 is 1.81 bits per heavy atom. The largest absolute Gasteiger partial charge is 0.375 e. The predicted octanol–water partition coefficient (Wildman–Crippen LogP) is 1.07.